The van der Waals surface area contributed by atoms with E-state index < -0.39 is 5.97 Å². The van der Waals surface area contributed by atoms with Crippen LogP contribution in [0.2, 0.25) is 0 Å². The number of benzene rings is 2. The van der Waals surface area contributed by atoms with Gasteiger partial charge in [-0.1, -0.05) is 60.2 Å². The quantitative estimate of drug-likeness (QED) is 0.322. The van der Waals surface area contributed by atoms with Gasteiger partial charge in [0.2, 0.25) is 0 Å². The largest absolute Gasteiger partial charge is 0.454 e. The molecule has 0 atom stereocenters. The second-order valence-corrected chi connectivity index (χ2v) is 6.70. The molecule has 0 spiro atoms. The number of hydrogen-bond donors (Lipinski definition) is 0. The van der Waals surface area contributed by atoms with Crippen molar-refractivity contribution in [3.8, 4) is 17.3 Å². The lowest BCUT2D eigenvalue weighted by Gasteiger charge is -2.02. The third-order valence-corrected chi connectivity index (χ3v) is 4.41. The molecular weight excluding hydrogens is 378 g/mol. The number of carbonyl (C=O) groups is 2. The van der Waals surface area contributed by atoms with Gasteiger partial charge in [0.1, 0.15) is 0 Å². The molecule has 0 unspecified atom stereocenters. The lowest BCUT2D eigenvalue weighted by molar-refractivity contribution is -0.136. The maximum absolute atomic E-state index is 12.1. The molecule has 1 heterocycles. The zero-order valence-electron chi connectivity index (χ0n) is 16.6. The van der Waals surface area contributed by atoms with E-state index in [9.17, 15) is 9.59 Å². The van der Waals surface area contributed by atoms with Crippen LogP contribution in [-0.4, -0.2) is 28.1 Å². The third kappa shape index (κ3) is 5.52. The van der Waals surface area contributed by atoms with E-state index >= 15 is 0 Å². The number of ketones is 1. The number of nitriles is 1. The van der Waals surface area contributed by atoms with Crippen molar-refractivity contribution in [2.45, 2.75) is 19.9 Å². The summed E-state index contributed by atoms with van der Waals surface area (Å²) < 4.78 is 6.75. The van der Waals surface area contributed by atoms with Gasteiger partial charge in [-0.3, -0.25) is 9.48 Å². The van der Waals surface area contributed by atoms with E-state index in [1.54, 1.807) is 41.2 Å². The topological polar surface area (TPSA) is 85.0 Å². The SMILES string of the molecule is Cc1ccc(-c2nn(CCC#N)cc2/C=C/C(=O)OCC(=O)c2ccccc2)cc1. The van der Waals surface area contributed by atoms with Gasteiger partial charge in [0, 0.05) is 29.0 Å². The molecule has 0 fully saturated rings. The standard InChI is InChI=1S/C24H21N3O3/c1-18-8-10-20(11-9-18)24-21(16-27(26-24)15-5-14-25)12-13-23(29)30-17-22(28)19-6-3-2-4-7-19/h2-4,6-13,16H,5,15,17H2,1H3/b13-12+. The lowest BCUT2D eigenvalue weighted by Crippen LogP contribution is -2.12. The van der Waals surface area contributed by atoms with Gasteiger partial charge < -0.3 is 4.74 Å². The molecule has 150 valence electrons. The molecule has 3 aromatic rings. The third-order valence-electron chi connectivity index (χ3n) is 4.41. The second-order valence-electron chi connectivity index (χ2n) is 6.70. The van der Waals surface area contributed by atoms with Crippen molar-refractivity contribution in [1.82, 2.24) is 9.78 Å². The number of Topliss-reactive ketones (excluding diaryl/α,β-unsaturated/α-hetero) is 1. The molecule has 0 radical (unpaired) electrons. The predicted octanol–water partition coefficient (Wildman–Crippen LogP) is 4.21. The molecule has 0 saturated heterocycles. The fourth-order valence-electron chi connectivity index (χ4n) is 2.82. The number of rotatable bonds is 8. The van der Waals surface area contributed by atoms with Crippen molar-refractivity contribution in [2.24, 2.45) is 0 Å². The first kappa shape index (κ1) is 20.7. The van der Waals surface area contributed by atoms with Crippen molar-refractivity contribution in [2.75, 3.05) is 6.61 Å². The lowest BCUT2D eigenvalue weighted by atomic mass is 10.1. The minimum Gasteiger partial charge on any atom is -0.454 e. The molecule has 0 saturated carbocycles. The van der Waals surface area contributed by atoms with Gasteiger partial charge in [-0.05, 0) is 13.0 Å². The van der Waals surface area contributed by atoms with Crippen LogP contribution in [0.15, 0.2) is 66.9 Å². The number of carbonyl (C=O) groups excluding carboxylic acids is 2. The Morgan fingerprint density at radius 2 is 1.87 bits per heavy atom. The fraction of sp³-hybridized carbons (Fsp3) is 0.167. The highest BCUT2D eigenvalue weighted by Crippen LogP contribution is 2.24. The van der Waals surface area contributed by atoms with Gasteiger partial charge in [0.15, 0.2) is 12.4 Å². The molecule has 2 aromatic carbocycles. The molecule has 0 aliphatic carbocycles. The van der Waals surface area contributed by atoms with E-state index in [-0.39, 0.29) is 12.4 Å². The maximum Gasteiger partial charge on any atom is 0.331 e. The molecule has 0 bridgehead atoms. The maximum atomic E-state index is 12.1. The average Bonchev–Trinajstić information content (AvgIpc) is 3.18. The summed E-state index contributed by atoms with van der Waals surface area (Å²) in [5.41, 5.74) is 3.96. The van der Waals surface area contributed by atoms with E-state index in [1.807, 2.05) is 37.3 Å². The highest BCUT2D eigenvalue weighted by molar-refractivity contribution is 5.99. The summed E-state index contributed by atoms with van der Waals surface area (Å²) in [5, 5.41) is 13.4. The molecule has 6 nitrogen and oxygen atoms in total. The van der Waals surface area contributed by atoms with Gasteiger partial charge in [-0.2, -0.15) is 10.4 Å². The van der Waals surface area contributed by atoms with Crippen LogP contribution < -0.4 is 0 Å². The van der Waals surface area contributed by atoms with Crippen LogP contribution in [-0.2, 0) is 16.1 Å². The van der Waals surface area contributed by atoms with Gasteiger partial charge in [0.05, 0.1) is 24.7 Å². The van der Waals surface area contributed by atoms with Gasteiger partial charge in [-0.15, -0.1) is 0 Å². The molecular formula is C24H21N3O3. The summed E-state index contributed by atoms with van der Waals surface area (Å²) in [7, 11) is 0. The van der Waals surface area contributed by atoms with Crippen LogP contribution >= 0.6 is 0 Å². The monoisotopic (exact) mass is 399 g/mol. The van der Waals surface area contributed by atoms with Crippen LogP contribution in [0.5, 0.6) is 0 Å². The Labute approximate surface area is 175 Å². The number of aromatic nitrogens is 2. The molecule has 0 amide bonds. The molecule has 6 heteroatoms. The summed E-state index contributed by atoms with van der Waals surface area (Å²) in [6.07, 6.45) is 5.01. The molecule has 0 aliphatic heterocycles. The van der Waals surface area contributed by atoms with Crippen molar-refractivity contribution in [3.05, 3.63) is 83.6 Å². The second kappa shape index (κ2) is 9.99. The molecule has 0 aliphatic rings. The van der Waals surface area contributed by atoms with Crippen molar-refractivity contribution in [3.63, 3.8) is 0 Å². The van der Waals surface area contributed by atoms with E-state index in [2.05, 4.69) is 11.2 Å². The summed E-state index contributed by atoms with van der Waals surface area (Å²) in [5.74, 6) is -0.874. The van der Waals surface area contributed by atoms with Crippen LogP contribution in [0, 0.1) is 18.3 Å². The first-order chi connectivity index (χ1) is 14.6. The molecule has 30 heavy (non-hydrogen) atoms. The Morgan fingerprint density at radius 3 is 2.57 bits per heavy atom. The summed E-state index contributed by atoms with van der Waals surface area (Å²) in [4.78, 5) is 24.1. The van der Waals surface area contributed by atoms with Crippen molar-refractivity contribution < 1.29 is 14.3 Å². The van der Waals surface area contributed by atoms with Crippen molar-refractivity contribution >= 4 is 17.8 Å². The van der Waals surface area contributed by atoms with E-state index in [4.69, 9.17) is 10.00 Å². The summed E-state index contributed by atoms with van der Waals surface area (Å²) >= 11 is 0. The van der Waals surface area contributed by atoms with Crippen molar-refractivity contribution in [1.29, 1.82) is 5.26 Å². The first-order valence-electron chi connectivity index (χ1n) is 9.51. The smallest absolute Gasteiger partial charge is 0.331 e. The average molecular weight is 399 g/mol. The summed E-state index contributed by atoms with van der Waals surface area (Å²) in [6.45, 7) is 2.14. The zero-order valence-corrected chi connectivity index (χ0v) is 16.6. The Kier molecular flexibility index (Phi) is 6.91. The summed E-state index contributed by atoms with van der Waals surface area (Å²) in [6, 6.07) is 18.7. The van der Waals surface area contributed by atoms with E-state index in [0.29, 0.717) is 24.2 Å². The van der Waals surface area contributed by atoms with Gasteiger partial charge >= 0.3 is 5.97 Å². The van der Waals surface area contributed by atoms with E-state index in [0.717, 1.165) is 16.7 Å². The van der Waals surface area contributed by atoms with Gasteiger partial charge in [-0.25, -0.2) is 4.79 Å². The first-order valence-corrected chi connectivity index (χ1v) is 9.51. The molecule has 3 rings (SSSR count). The minimum absolute atomic E-state index is 0.262. The highest BCUT2D eigenvalue weighted by atomic mass is 16.5. The number of esters is 1. The molecule has 1 aromatic heterocycles. The Balaban J connectivity index is 1.72. The Bertz CT molecular complexity index is 1090. The highest BCUT2D eigenvalue weighted by Gasteiger charge is 2.11. The Hall–Kier alpha value is -3.98. The minimum atomic E-state index is -0.612. The normalized spacial score (nSPS) is 10.7. The number of ether oxygens (including phenoxy) is 1. The van der Waals surface area contributed by atoms with Crippen LogP contribution in [0.4, 0.5) is 0 Å². The number of nitrogens with zero attached hydrogens (tertiary/aromatic N) is 3. The number of aryl methyl sites for hydroxylation is 2. The number of hydrogen-bond acceptors (Lipinski definition) is 5. The van der Waals surface area contributed by atoms with Crippen LogP contribution in [0.25, 0.3) is 17.3 Å². The fourth-order valence-corrected chi connectivity index (χ4v) is 2.82. The van der Waals surface area contributed by atoms with E-state index in [1.165, 1.54) is 6.08 Å². The molecule has 0 N–H and O–H groups in total. The van der Waals surface area contributed by atoms with Crippen LogP contribution in [0.3, 0.4) is 0 Å². The van der Waals surface area contributed by atoms with Crippen LogP contribution in [0.1, 0.15) is 27.9 Å². The zero-order chi connectivity index (χ0) is 21.3. The van der Waals surface area contributed by atoms with Gasteiger partial charge in [0.25, 0.3) is 0 Å². The predicted molar refractivity (Wildman–Crippen MR) is 113 cm³/mol. The Morgan fingerprint density at radius 1 is 1.13 bits per heavy atom.